The zero-order valence-electron chi connectivity index (χ0n) is 16.5. The van der Waals surface area contributed by atoms with Crippen molar-refractivity contribution in [2.24, 2.45) is 5.92 Å². The van der Waals surface area contributed by atoms with Gasteiger partial charge >= 0.3 is 5.97 Å². The van der Waals surface area contributed by atoms with E-state index in [9.17, 15) is 4.79 Å². The van der Waals surface area contributed by atoms with E-state index in [4.69, 9.17) is 22.1 Å². The molecule has 7 heteroatoms. The number of nitrogens with zero attached hydrogens (tertiary/aromatic N) is 3. The molecular formula is C21H29N4O2S+. The lowest BCUT2D eigenvalue weighted by Crippen LogP contribution is -3.13. The van der Waals surface area contributed by atoms with E-state index < -0.39 is 0 Å². The predicted molar refractivity (Wildman–Crippen MR) is 109 cm³/mol. The average Bonchev–Trinajstić information content (AvgIpc) is 3.51. The average molecular weight is 402 g/mol. The summed E-state index contributed by atoms with van der Waals surface area (Å²) in [7, 11) is 0. The second-order valence-electron chi connectivity index (χ2n) is 7.94. The summed E-state index contributed by atoms with van der Waals surface area (Å²) in [6.07, 6.45) is 4.35. The minimum Gasteiger partial charge on any atom is -0.466 e. The molecule has 2 heterocycles. The molecule has 2 aromatic rings. The van der Waals surface area contributed by atoms with Gasteiger partial charge in [0.15, 0.2) is 6.67 Å². The van der Waals surface area contributed by atoms with Crippen molar-refractivity contribution in [3.63, 3.8) is 0 Å². The molecule has 2 atom stereocenters. The fraction of sp³-hybridized carbons (Fsp3) is 0.571. The second-order valence-corrected chi connectivity index (χ2v) is 8.30. The normalized spacial score (nSPS) is 22.2. The van der Waals surface area contributed by atoms with Crippen LogP contribution >= 0.6 is 12.2 Å². The molecule has 1 aromatic carbocycles. The van der Waals surface area contributed by atoms with Crippen molar-refractivity contribution in [3.05, 3.63) is 46.5 Å². The van der Waals surface area contributed by atoms with Gasteiger partial charge in [-0.15, -0.1) is 0 Å². The fourth-order valence-electron chi connectivity index (χ4n) is 4.09. The minimum atomic E-state index is -0.0587. The lowest BCUT2D eigenvalue weighted by molar-refractivity contribution is -0.930. The van der Waals surface area contributed by atoms with Crippen LogP contribution in [0.4, 0.5) is 0 Å². The number of hydrogen-bond donors (Lipinski definition) is 1. The van der Waals surface area contributed by atoms with E-state index in [0.29, 0.717) is 12.5 Å². The van der Waals surface area contributed by atoms with Crippen LogP contribution in [0.2, 0.25) is 0 Å². The largest absolute Gasteiger partial charge is 0.466 e. The smallest absolute Gasteiger partial charge is 0.314 e. The quantitative estimate of drug-likeness (QED) is 0.571. The van der Waals surface area contributed by atoms with Gasteiger partial charge in [0.05, 0.1) is 26.2 Å². The van der Waals surface area contributed by atoms with E-state index in [2.05, 4.69) is 28.8 Å². The summed E-state index contributed by atoms with van der Waals surface area (Å²) >= 11 is 5.81. The molecular weight excluding hydrogens is 372 g/mol. The maximum Gasteiger partial charge on any atom is 0.314 e. The van der Waals surface area contributed by atoms with Crippen LogP contribution in [0.5, 0.6) is 0 Å². The van der Waals surface area contributed by atoms with Crippen LogP contribution in [-0.4, -0.2) is 40.0 Å². The molecule has 1 saturated heterocycles. The monoisotopic (exact) mass is 401 g/mol. The number of rotatable bonds is 7. The molecule has 4 rings (SSSR count). The molecule has 1 N–H and O–H groups in total. The number of benzene rings is 1. The van der Waals surface area contributed by atoms with E-state index >= 15 is 0 Å². The molecule has 0 bridgehead atoms. The lowest BCUT2D eigenvalue weighted by Gasteiger charge is -2.28. The highest BCUT2D eigenvalue weighted by atomic mass is 32.1. The van der Waals surface area contributed by atoms with Gasteiger partial charge in [-0.3, -0.25) is 9.36 Å². The first-order chi connectivity index (χ1) is 13.7. The number of likely N-dealkylation sites (tertiary alicyclic amines) is 1. The van der Waals surface area contributed by atoms with Crippen LogP contribution < -0.4 is 4.90 Å². The number of hydrogen-bond acceptors (Lipinski definition) is 4. The summed E-state index contributed by atoms with van der Waals surface area (Å²) in [6.45, 7) is 5.64. The van der Waals surface area contributed by atoms with Crippen molar-refractivity contribution in [1.82, 2.24) is 14.3 Å². The Balaban J connectivity index is 1.51. The van der Waals surface area contributed by atoms with Crippen LogP contribution in [0, 0.1) is 10.7 Å². The van der Waals surface area contributed by atoms with Crippen molar-refractivity contribution < 1.29 is 14.4 Å². The highest BCUT2D eigenvalue weighted by molar-refractivity contribution is 7.71. The second kappa shape index (κ2) is 8.57. The highest BCUT2D eigenvalue weighted by Gasteiger charge is 2.33. The molecule has 1 aromatic heterocycles. The van der Waals surface area contributed by atoms with Crippen LogP contribution in [0.15, 0.2) is 30.3 Å². The van der Waals surface area contributed by atoms with Crippen molar-refractivity contribution in [2.75, 3.05) is 19.7 Å². The topological polar surface area (TPSA) is 53.5 Å². The van der Waals surface area contributed by atoms with Gasteiger partial charge in [-0.2, -0.15) is 9.78 Å². The van der Waals surface area contributed by atoms with Crippen molar-refractivity contribution in [3.8, 4) is 0 Å². The van der Waals surface area contributed by atoms with Gasteiger partial charge in [0.1, 0.15) is 11.7 Å². The molecule has 2 fully saturated rings. The molecule has 1 unspecified atom stereocenters. The Bertz CT molecular complexity index is 872. The Morgan fingerprint density at radius 2 is 2.07 bits per heavy atom. The maximum absolute atomic E-state index is 12.1. The van der Waals surface area contributed by atoms with Crippen molar-refractivity contribution in [2.45, 2.75) is 51.7 Å². The molecule has 6 nitrogen and oxygen atoms in total. The van der Waals surface area contributed by atoms with Gasteiger partial charge < -0.3 is 9.64 Å². The third-order valence-corrected chi connectivity index (χ3v) is 6.12. The van der Waals surface area contributed by atoms with Crippen LogP contribution in [0.3, 0.4) is 0 Å². The lowest BCUT2D eigenvalue weighted by atomic mass is 9.99. The number of carbonyl (C=O) groups excluding carboxylic acids is 1. The molecule has 0 amide bonds. The number of aromatic nitrogens is 3. The van der Waals surface area contributed by atoms with Crippen molar-refractivity contribution in [1.29, 1.82) is 0 Å². The first-order valence-corrected chi connectivity index (χ1v) is 10.8. The maximum atomic E-state index is 12.1. The van der Waals surface area contributed by atoms with Gasteiger partial charge in [0.2, 0.25) is 4.77 Å². The molecule has 0 spiro atoms. The first-order valence-electron chi connectivity index (χ1n) is 10.4. The summed E-state index contributed by atoms with van der Waals surface area (Å²) in [5.41, 5.74) is 1.24. The molecule has 1 aliphatic carbocycles. The van der Waals surface area contributed by atoms with E-state index in [1.165, 1.54) is 23.3 Å². The SMILES string of the molecule is CCOC(=O)[C@H]1CCC[NH+](Cn2nc(C3CC3)n(Cc3ccccc3)c2=S)C1. The van der Waals surface area contributed by atoms with Crippen LogP contribution in [0.25, 0.3) is 0 Å². The number of ether oxygens (including phenoxy) is 1. The molecule has 0 radical (unpaired) electrons. The summed E-state index contributed by atoms with van der Waals surface area (Å²) in [5, 5.41) is 4.91. The standard InChI is InChI=1S/C21H28N4O2S/c1-2-27-20(26)18-9-6-12-23(14-18)15-25-21(28)24(19(22-25)17-10-11-17)13-16-7-4-3-5-8-16/h3-5,7-8,17-18H,2,6,9-15H2,1H3/p+1/t18-/m0/s1. The number of piperidine rings is 1. The summed E-state index contributed by atoms with van der Waals surface area (Å²) in [5.74, 6) is 1.59. The first kappa shape index (κ1) is 19.3. The van der Waals surface area contributed by atoms with Crippen LogP contribution in [-0.2, 0) is 22.7 Å². The Kier molecular flexibility index (Phi) is 5.92. The van der Waals surface area contributed by atoms with Gasteiger partial charge in [0.25, 0.3) is 0 Å². The third kappa shape index (κ3) is 4.36. The predicted octanol–water partition coefficient (Wildman–Crippen LogP) is 2.16. The van der Waals surface area contributed by atoms with Gasteiger partial charge in [-0.1, -0.05) is 30.3 Å². The third-order valence-electron chi connectivity index (χ3n) is 5.69. The highest BCUT2D eigenvalue weighted by Crippen LogP contribution is 2.39. The number of quaternary nitrogens is 1. The minimum absolute atomic E-state index is 0.00724. The van der Waals surface area contributed by atoms with Gasteiger partial charge in [-0.05, 0) is 50.4 Å². The van der Waals surface area contributed by atoms with Crippen molar-refractivity contribution >= 4 is 18.2 Å². The number of esters is 1. The van der Waals surface area contributed by atoms with Gasteiger partial charge in [0, 0.05) is 5.92 Å². The summed E-state index contributed by atoms with van der Waals surface area (Å²) < 4.78 is 10.2. The Hall–Kier alpha value is -1.99. The Morgan fingerprint density at radius 3 is 2.79 bits per heavy atom. The van der Waals surface area contributed by atoms with E-state index in [1.807, 2.05) is 17.7 Å². The molecule has 150 valence electrons. The number of carbonyl (C=O) groups is 1. The zero-order chi connectivity index (χ0) is 19.5. The summed E-state index contributed by atoms with van der Waals surface area (Å²) in [4.78, 5) is 13.5. The number of nitrogens with one attached hydrogen (secondary N) is 1. The fourth-order valence-corrected chi connectivity index (χ4v) is 4.35. The molecule has 1 saturated carbocycles. The molecule has 2 aliphatic rings. The van der Waals surface area contributed by atoms with Crippen LogP contribution in [0.1, 0.15) is 49.9 Å². The van der Waals surface area contributed by atoms with E-state index in [1.54, 1.807) is 0 Å². The Morgan fingerprint density at radius 1 is 1.29 bits per heavy atom. The molecule has 1 aliphatic heterocycles. The zero-order valence-corrected chi connectivity index (χ0v) is 17.3. The van der Waals surface area contributed by atoms with Gasteiger partial charge in [-0.25, -0.2) is 0 Å². The Labute approximate surface area is 171 Å². The van der Waals surface area contributed by atoms with E-state index in [-0.39, 0.29) is 11.9 Å². The van der Waals surface area contributed by atoms with E-state index in [0.717, 1.165) is 49.7 Å². The molecule has 28 heavy (non-hydrogen) atoms. The summed E-state index contributed by atoms with van der Waals surface area (Å²) in [6, 6.07) is 10.4.